The monoisotopic (exact) mass is 225 g/mol. The molecule has 0 unspecified atom stereocenters. The molecule has 0 atom stereocenters. The average Bonchev–Trinajstić information content (AvgIpc) is 2.67. The molecule has 72 valence electrons. The molecule has 0 fully saturated rings. The number of thiazole rings is 1. The molecule has 2 aromatic heterocycles. The van der Waals surface area contributed by atoms with Gasteiger partial charge >= 0.3 is 0 Å². The van der Waals surface area contributed by atoms with E-state index in [9.17, 15) is 0 Å². The molecule has 0 aliphatic heterocycles. The zero-order chi connectivity index (χ0) is 9.80. The standard InChI is InChI=1S/C9H8ClN3S/c10-5-7-6-12-9(14-7)13-8-3-1-2-4-11-8/h1-4,6H,5H2,(H,11,12,13). The molecule has 0 saturated carbocycles. The van der Waals surface area contributed by atoms with Gasteiger partial charge < -0.3 is 5.32 Å². The zero-order valence-corrected chi connectivity index (χ0v) is 8.85. The van der Waals surface area contributed by atoms with E-state index in [1.807, 2.05) is 18.2 Å². The third-order valence-corrected chi connectivity index (χ3v) is 2.94. The van der Waals surface area contributed by atoms with Crippen LogP contribution in [-0.4, -0.2) is 9.97 Å². The van der Waals surface area contributed by atoms with Gasteiger partial charge in [-0.3, -0.25) is 0 Å². The van der Waals surface area contributed by atoms with Gasteiger partial charge in [-0.05, 0) is 12.1 Å². The minimum Gasteiger partial charge on any atom is -0.316 e. The Morgan fingerprint density at radius 1 is 1.36 bits per heavy atom. The van der Waals surface area contributed by atoms with Crippen LogP contribution in [0.5, 0.6) is 0 Å². The van der Waals surface area contributed by atoms with Gasteiger partial charge in [0.05, 0.1) is 5.88 Å². The second-order valence-corrected chi connectivity index (χ2v) is 3.99. The van der Waals surface area contributed by atoms with Crippen molar-refractivity contribution in [3.05, 3.63) is 35.5 Å². The fourth-order valence-corrected chi connectivity index (χ4v) is 1.88. The summed E-state index contributed by atoms with van der Waals surface area (Å²) in [7, 11) is 0. The summed E-state index contributed by atoms with van der Waals surface area (Å²) in [6.07, 6.45) is 3.50. The zero-order valence-electron chi connectivity index (χ0n) is 7.27. The lowest BCUT2D eigenvalue weighted by Gasteiger charge is -1.98. The van der Waals surface area contributed by atoms with Gasteiger partial charge in [-0.1, -0.05) is 6.07 Å². The fraction of sp³-hybridized carbons (Fsp3) is 0.111. The van der Waals surface area contributed by atoms with Crippen LogP contribution in [0.3, 0.4) is 0 Å². The fourth-order valence-electron chi connectivity index (χ4n) is 0.973. The van der Waals surface area contributed by atoms with Crippen molar-refractivity contribution in [2.45, 2.75) is 5.88 Å². The number of nitrogens with zero attached hydrogens (tertiary/aromatic N) is 2. The Hall–Kier alpha value is -1.13. The van der Waals surface area contributed by atoms with Gasteiger partial charge in [0.2, 0.25) is 0 Å². The van der Waals surface area contributed by atoms with E-state index < -0.39 is 0 Å². The summed E-state index contributed by atoms with van der Waals surface area (Å²) in [6, 6.07) is 5.68. The summed E-state index contributed by atoms with van der Waals surface area (Å²) in [5, 5.41) is 3.92. The van der Waals surface area contributed by atoms with Crippen LogP contribution in [0.1, 0.15) is 4.88 Å². The summed E-state index contributed by atoms with van der Waals surface area (Å²) in [5.41, 5.74) is 0. The number of anilines is 2. The molecule has 5 heteroatoms. The summed E-state index contributed by atoms with van der Waals surface area (Å²) < 4.78 is 0. The Kier molecular flexibility index (Phi) is 2.96. The van der Waals surface area contributed by atoms with Crippen LogP contribution in [0.4, 0.5) is 10.9 Å². The molecule has 0 amide bonds. The Morgan fingerprint density at radius 3 is 2.93 bits per heavy atom. The number of rotatable bonds is 3. The Bertz CT molecular complexity index is 401. The molecule has 3 nitrogen and oxygen atoms in total. The van der Waals surface area contributed by atoms with Crippen LogP contribution < -0.4 is 5.32 Å². The first-order valence-corrected chi connectivity index (χ1v) is 5.42. The van der Waals surface area contributed by atoms with Crippen molar-refractivity contribution in [3.63, 3.8) is 0 Å². The molecule has 14 heavy (non-hydrogen) atoms. The van der Waals surface area contributed by atoms with E-state index in [0.717, 1.165) is 15.8 Å². The predicted octanol–water partition coefficient (Wildman–Crippen LogP) is 3.02. The van der Waals surface area contributed by atoms with E-state index in [1.165, 1.54) is 11.3 Å². The van der Waals surface area contributed by atoms with Gasteiger partial charge in [0, 0.05) is 17.3 Å². The molecule has 0 aliphatic carbocycles. The first-order valence-electron chi connectivity index (χ1n) is 4.07. The maximum atomic E-state index is 5.67. The molecule has 1 N–H and O–H groups in total. The van der Waals surface area contributed by atoms with Crippen LogP contribution in [0.25, 0.3) is 0 Å². The highest BCUT2D eigenvalue weighted by atomic mass is 35.5. The molecule has 0 spiro atoms. The molecule has 2 aromatic rings. The average molecular weight is 226 g/mol. The largest absolute Gasteiger partial charge is 0.316 e. The number of hydrogen-bond acceptors (Lipinski definition) is 4. The van der Waals surface area contributed by atoms with Gasteiger partial charge in [0.1, 0.15) is 5.82 Å². The lowest BCUT2D eigenvalue weighted by molar-refractivity contribution is 1.28. The van der Waals surface area contributed by atoms with E-state index in [-0.39, 0.29) is 0 Å². The van der Waals surface area contributed by atoms with Gasteiger partial charge in [-0.25, -0.2) is 9.97 Å². The topological polar surface area (TPSA) is 37.8 Å². The molecular weight excluding hydrogens is 218 g/mol. The smallest absolute Gasteiger partial charge is 0.188 e. The van der Waals surface area contributed by atoms with Crippen molar-refractivity contribution in [1.29, 1.82) is 0 Å². The number of hydrogen-bond donors (Lipinski definition) is 1. The van der Waals surface area contributed by atoms with E-state index >= 15 is 0 Å². The third-order valence-electron chi connectivity index (χ3n) is 1.59. The summed E-state index contributed by atoms with van der Waals surface area (Å²) in [4.78, 5) is 9.34. The van der Waals surface area contributed by atoms with Gasteiger partial charge in [0.25, 0.3) is 0 Å². The normalized spacial score (nSPS) is 10.1. The van der Waals surface area contributed by atoms with Crippen LogP contribution in [0.15, 0.2) is 30.6 Å². The van der Waals surface area contributed by atoms with Crippen molar-refractivity contribution in [3.8, 4) is 0 Å². The minimum atomic E-state index is 0.502. The van der Waals surface area contributed by atoms with Gasteiger partial charge in [-0.15, -0.1) is 22.9 Å². The second-order valence-electron chi connectivity index (χ2n) is 2.61. The quantitative estimate of drug-likeness (QED) is 0.816. The highest BCUT2D eigenvalue weighted by Crippen LogP contribution is 2.22. The highest BCUT2D eigenvalue weighted by Gasteiger charge is 2.00. The van der Waals surface area contributed by atoms with Crippen molar-refractivity contribution in [2.75, 3.05) is 5.32 Å². The maximum Gasteiger partial charge on any atom is 0.188 e. The lowest BCUT2D eigenvalue weighted by Crippen LogP contribution is -1.90. The first-order chi connectivity index (χ1) is 6.88. The molecule has 2 rings (SSSR count). The molecule has 0 radical (unpaired) electrons. The number of nitrogens with one attached hydrogen (secondary N) is 1. The van der Waals surface area contributed by atoms with Crippen LogP contribution in [0, 0.1) is 0 Å². The molecule has 0 bridgehead atoms. The lowest BCUT2D eigenvalue weighted by atomic mass is 10.5. The Labute approximate surface area is 90.8 Å². The van der Waals surface area contributed by atoms with Crippen LogP contribution in [0.2, 0.25) is 0 Å². The van der Waals surface area contributed by atoms with Crippen molar-refractivity contribution in [1.82, 2.24) is 9.97 Å². The molecule has 0 saturated heterocycles. The number of halogens is 1. The molecule has 2 heterocycles. The van der Waals surface area contributed by atoms with E-state index in [2.05, 4.69) is 15.3 Å². The summed E-state index contributed by atoms with van der Waals surface area (Å²) >= 11 is 7.20. The van der Waals surface area contributed by atoms with E-state index in [0.29, 0.717) is 5.88 Å². The Morgan fingerprint density at radius 2 is 2.29 bits per heavy atom. The SMILES string of the molecule is ClCc1cnc(Nc2ccccn2)s1. The number of aromatic nitrogens is 2. The third kappa shape index (κ3) is 2.21. The Balaban J connectivity index is 2.11. The van der Waals surface area contributed by atoms with Gasteiger partial charge in [0.15, 0.2) is 5.13 Å². The maximum absolute atomic E-state index is 5.67. The highest BCUT2D eigenvalue weighted by molar-refractivity contribution is 7.15. The predicted molar refractivity (Wildman–Crippen MR) is 59.2 cm³/mol. The van der Waals surface area contributed by atoms with Gasteiger partial charge in [-0.2, -0.15) is 0 Å². The van der Waals surface area contributed by atoms with Crippen molar-refractivity contribution in [2.24, 2.45) is 0 Å². The number of pyridine rings is 1. The van der Waals surface area contributed by atoms with Crippen molar-refractivity contribution < 1.29 is 0 Å². The first kappa shape index (κ1) is 9.43. The molecule has 0 aliphatic rings. The number of alkyl halides is 1. The van der Waals surface area contributed by atoms with E-state index in [4.69, 9.17) is 11.6 Å². The molecule has 0 aromatic carbocycles. The van der Waals surface area contributed by atoms with Crippen LogP contribution >= 0.6 is 22.9 Å². The second kappa shape index (κ2) is 4.39. The summed E-state index contributed by atoms with van der Waals surface area (Å²) in [6.45, 7) is 0. The van der Waals surface area contributed by atoms with Crippen LogP contribution in [-0.2, 0) is 5.88 Å². The van der Waals surface area contributed by atoms with Crippen molar-refractivity contribution >= 4 is 33.9 Å². The minimum absolute atomic E-state index is 0.502. The molecular formula is C9H8ClN3S. The van der Waals surface area contributed by atoms with E-state index in [1.54, 1.807) is 12.4 Å². The summed E-state index contributed by atoms with van der Waals surface area (Å²) in [5.74, 6) is 1.30.